The van der Waals surface area contributed by atoms with Gasteiger partial charge in [-0.1, -0.05) is 12.1 Å². The minimum absolute atomic E-state index is 0.0386. The highest BCUT2D eigenvalue weighted by atomic mass is 19.1. The Balaban J connectivity index is 1.67. The summed E-state index contributed by atoms with van der Waals surface area (Å²) < 4.78 is 13.3. The molecule has 7 heteroatoms. The van der Waals surface area contributed by atoms with Crippen LogP contribution >= 0.6 is 0 Å². The van der Waals surface area contributed by atoms with Gasteiger partial charge in [0.25, 0.3) is 5.91 Å². The average molecular weight is 371 g/mol. The molecule has 1 atom stereocenters. The zero-order chi connectivity index (χ0) is 19.2. The number of carboxylic acids is 1. The van der Waals surface area contributed by atoms with Crippen LogP contribution in [0.4, 0.5) is 4.39 Å². The van der Waals surface area contributed by atoms with Crippen LogP contribution in [0.5, 0.6) is 0 Å². The molecule has 1 amide bonds. The summed E-state index contributed by atoms with van der Waals surface area (Å²) in [4.78, 5) is 31.5. The number of aliphatic carboxylic acids is 1. The second-order valence-electron chi connectivity index (χ2n) is 6.57. The first-order valence-corrected chi connectivity index (χ1v) is 8.95. The maximum Gasteiger partial charge on any atom is 0.303 e. The normalized spacial score (nSPS) is 16.1. The number of carboxylic acid groups (broad SMARTS) is 1. The van der Waals surface area contributed by atoms with Crippen LogP contribution in [0.25, 0.3) is 0 Å². The Hall–Kier alpha value is -2.80. The standard InChI is InChI=1S/C20H22FN3O3/c21-17-5-3-15(4-6-17)18(7-8-19(25)26)23-10-12-24(13-11-23)20(27)16-2-1-9-22-14-16/h1-6,9,14,18H,7-8,10-13H2,(H,25,26)/t18-/m0/s1. The molecule has 2 heterocycles. The molecule has 27 heavy (non-hydrogen) atoms. The predicted molar refractivity (Wildman–Crippen MR) is 97.7 cm³/mol. The van der Waals surface area contributed by atoms with Crippen molar-refractivity contribution in [1.82, 2.24) is 14.8 Å². The molecule has 142 valence electrons. The van der Waals surface area contributed by atoms with Crippen molar-refractivity contribution in [2.24, 2.45) is 0 Å². The zero-order valence-corrected chi connectivity index (χ0v) is 14.9. The number of carbonyl (C=O) groups excluding carboxylic acids is 1. The molecule has 0 unspecified atom stereocenters. The number of pyridine rings is 1. The van der Waals surface area contributed by atoms with Gasteiger partial charge in [0.05, 0.1) is 5.56 Å². The summed E-state index contributed by atoms with van der Waals surface area (Å²) >= 11 is 0. The molecule has 1 aromatic carbocycles. The molecule has 1 aliphatic heterocycles. The van der Waals surface area contributed by atoms with E-state index in [1.54, 1.807) is 41.6 Å². The zero-order valence-electron chi connectivity index (χ0n) is 14.9. The van der Waals surface area contributed by atoms with Gasteiger partial charge in [-0.05, 0) is 36.2 Å². The van der Waals surface area contributed by atoms with Gasteiger partial charge in [0.15, 0.2) is 0 Å². The van der Waals surface area contributed by atoms with Gasteiger partial charge in [-0.3, -0.25) is 19.5 Å². The summed E-state index contributed by atoms with van der Waals surface area (Å²) in [6.45, 7) is 2.37. The molecule has 3 rings (SSSR count). The van der Waals surface area contributed by atoms with E-state index in [2.05, 4.69) is 9.88 Å². The van der Waals surface area contributed by atoms with Gasteiger partial charge in [0.1, 0.15) is 5.82 Å². The summed E-state index contributed by atoms with van der Waals surface area (Å²) in [5, 5.41) is 9.06. The second kappa shape index (κ2) is 8.73. The summed E-state index contributed by atoms with van der Waals surface area (Å²) in [5.74, 6) is -1.22. The number of rotatable bonds is 6. The van der Waals surface area contributed by atoms with Crippen LogP contribution in [0.15, 0.2) is 48.8 Å². The van der Waals surface area contributed by atoms with E-state index in [-0.39, 0.29) is 24.2 Å². The number of nitrogens with zero attached hydrogens (tertiary/aromatic N) is 3. The lowest BCUT2D eigenvalue weighted by Crippen LogP contribution is -2.49. The average Bonchev–Trinajstić information content (AvgIpc) is 2.70. The topological polar surface area (TPSA) is 73.7 Å². The molecular weight excluding hydrogens is 349 g/mol. The van der Waals surface area contributed by atoms with E-state index in [1.807, 2.05) is 0 Å². The molecule has 0 bridgehead atoms. The minimum atomic E-state index is -0.854. The van der Waals surface area contributed by atoms with Gasteiger partial charge in [-0.25, -0.2) is 4.39 Å². The molecule has 0 saturated carbocycles. The number of piperazine rings is 1. The van der Waals surface area contributed by atoms with Crippen LogP contribution in [0.2, 0.25) is 0 Å². The van der Waals surface area contributed by atoms with Crippen LogP contribution in [0.3, 0.4) is 0 Å². The van der Waals surface area contributed by atoms with E-state index < -0.39 is 5.97 Å². The number of hydrogen-bond donors (Lipinski definition) is 1. The maximum atomic E-state index is 13.3. The fraction of sp³-hybridized carbons (Fsp3) is 0.350. The predicted octanol–water partition coefficient (Wildman–Crippen LogP) is 2.58. The summed E-state index contributed by atoms with van der Waals surface area (Å²) in [5.41, 5.74) is 1.46. The summed E-state index contributed by atoms with van der Waals surface area (Å²) in [7, 11) is 0. The maximum absolute atomic E-state index is 13.3. The molecule has 1 N–H and O–H groups in total. The van der Waals surface area contributed by atoms with Crippen LogP contribution in [0, 0.1) is 5.82 Å². The second-order valence-corrected chi connectivity index (χ2v) is 6.57. The van der Waals surface area contributed by atoms with E-state index in [1.165, 1.54) is 12.1 Å². The van der Waals surface area contributed by atoms with Crippen LogP contribution < -0.4 is 0 Å². The van der Waals surface area contributed by atoms with Gasteiger partial charge >= 0.3 is 5.97 Å². The van der Waals surface area contributed by atoms with E-state index in [9.17, 15) is 14.0 Å². The van der Waals surface area contributed by atoms with Crippen molar-refractivity contribution in [3.8, 4) is 0 Å². The quantitative estimate of drug-likeness (QED) is 0.845. The lowest BCUT2D eigenvalue weighted by Gasteiger charge is -2.39. The largest absolute Gasteiger partial charge is 0.481 e. The van der Waals surface area contributed by atoms with Crippen molar-refractivity contribution in [1.29, 1.82) is 0 Å². The van der Waals surface area contributed by atoms with Crippen LogP contribution in [-0.4, -0.2) is 57.9 Å². The molecule has 0 radical (unpaired) electrons. The molecule has 1 aliphatic rings. The first-order chi connectivity index (χ1) is 13.0. The highest BCUT2D eigenvalue weighted by Crippen LogP contribution is 2.27. The number of amides is 1. The Morgan fingerprint density at radius 1 is 1.11 bits per heavy atom. The Bertz CT molecular complexity index is 775. The van der Waals surface area contributed by atoms with Crippen LogP contribution in [-0.2, 0) is 4.79 Å². The molecule has 1 fully saturated rings. The van der Waals surface area contributed by atoms with Gasteiger partial charge in [0.2, 0.25) is 0 Å². The van der Waals surface area contributed by atoms with Crippen molar-refractivity contribution in [3.05, 3.63) is 65.7 Å². The third kappa shape index (κ3) is 4.89. The van der Waals surface area contributed by atoms with Gasteiger partial charge in [-0.2, -0.15) is 0 Å². The highest BCUT2D eigenvalue weighted by molar-refractivity contribution is 5.93. The number of aromatic nitrogens is 1. The van der Waals surface area contributed by atoms with Crippen molar-refractivity contribution < 1.29 is 19.1 Å². The fourth-order valence-corrected chi connectivity index (χ4v) is 3.41. The van der Waals surface area contributed by atoms with Crippen molar-refractivity contribution in [3.63, 3.8) is 0 Å². The molecule has 0 spiro atoms. The SMILES string of the molecule is O=C(O)CC[C@@H](c1ccc(F)cc1)N1CCN(C(=O)c2cccnc2)CC1. The van der Waals surface area contributed by atoms with Gasteiger partial charge in [0, 0.05) is 51.0 Å². The van der Waals surface area contributed by atoms with Crippen LogP contribution in [0.1, 0.15) is 34.8 Å². The van der Waals surface area contributed by atoms with Gasteiger partial charge in [-0.15, -0.1) is 0 Å². The Morgan fingerprint density at radius 3 is 2.41 bits per heavy atom. The van der Waals surface area contributed by atoms with Crippen molar-refractivity contribution in [2.45, 2.75) is 18.9 Å². The fourth-order valence-electron chi connectivity index (χ4n) is 3.41. The van der Waals surface area contributed by atoms with E-state index in [0.717, 1.165) is 5.56 Å². The highest BCUT2D eigenvalue weighted by Gasteiger charge is 2.28. The molecule has 1 saturated heterocycles. The first kappa shape index (κ1) is 19.0. The number of hydrogen-bond acceptors (Lipinski definition) is 4. The molecule has 1 aromatic heterocycles. The lowest BCUT2D eigenvalue weighted by molar-refractivity contribution is -0.137. The molecular formula is C20H22FN3O3. The summed E-state index contributed by atoms with van der Waals surface area (Å²) in [6, 6.07) is 9.56. The monoisotopic (exact) mass is 371 g/mol. The van der Waals surface area contributed by atoms with Gasteiger partial charge < -0.3 is 10.0 Å². The number of halogens is 1. The first-order valence-electron chi connectivity index (χ1n) is 8.95. The molecule has 6 nitrogen and oxygen atoms in total. The van der Waals surface area contributed by atoms with Crippen molar-refractivity contribution in [2.75, 3.05) is 26.2 Å². The third-order valence-corrected chi connectivity index (χ3v) is 4.84. The van der Waals surface area contributed by atoms with Crippen molar-refractivity contribution >= 4 is 11.9 Å². The number of carbonyl (C=O) groups is 2. The Kier molecular flexibility index (Phi) is 6.13. The molecule has 0 aliphatic carbocycles. The summed E-state index contributed by atoms with van der Waals surface area (Å²) in [6.07, 6.45) is 3.67. The van der Waals surface area contributed by atoms with E-state index >= 15 is 0 Å². The van der Waals surface area contributed by atoms with E-state index in [4.69, 9.17) is 5.11 Å². The third-order valence-electron chi connectivity index (χ3n) is 4.84. The molecule has 2 aromatic rings. The lowest BCUT2D eigenvalue weighted by atomic mass is 9.99. The Morgan fingerprint density at radius 2 is 1.81 bits per heavy atom. The Labute approximate surface area is 157 Å². The minimum Gasteiger partial charge on any atom is -0.481 e. The van der Waals surface area contributed by atoms with E-state index in [0.29, 0.717) is 38.2 Å². The smallest absolute Gasteiger partial charge is 0.303 e. The number of benzene rings is 1.